The molecule has 1 saturated heterocycles. The second kappa shape index (κ2) is 8.50. The van der Waals surface area contributed by atoms with Crippen LogP contribution in [-0.4, -0.2) is 49.9 Å². The van der Waals surface area contributed by atoms with Crippen molar-refractivity contribution in [2.75, 3.05) is 18.0 Å². The first-order valence-corrected chi connectivity index (χ1v) is 9.90. The zero-order valence-electron chi connectivity index (χ0n) is 16.7. The molecule has 0 saturated carbocycles. The number of nitrogens with one attached hydrogen (secondary N) is 1. The quantitative estimate of drug-likeness (QED) is 0.644. The number of rotatable bonds is 6. The van der Waals surface area contributed by atoms with Gasteiger partial charge in [-0.2, -0.15) is 10.2 Å². The van der Waals surface area contributed by atoms with Crippen LogP contribution in [0.15, 0.2) is 53.7 Å². The van der Waals surface area contributed by atoms with Crippen molar-refractivity contribution in [3.63, 3.8) is 0 Å². The molecule has 4 rings (SSSR count). The third-order valence-corrected chi connectivity index (χ3v) is 5.23. The Labute approximate surface area is 173 Å². The Morgan fingerprint density at radius 1 is 1.37 bits per heavy atom. The highest BCUT2D eigenvalue weighted by Crippen LogP contribution is 2.20. The van der Waals surface area contributed by atoms with Gasteiger partial charge in [-0.3, -0.25) is 14.4 Å². The van der Waals surface area contributed by atoms with E-state index in [1.807, 2.05) is 31.4 Å². The lowest BCUT2D eigenvalue weighted by Gasteiger charge is -2.23. The molecule has 1 atom stereocenters. The molecule has 2 aromatic heterocycles. The lowest BCUT2D eigenvalue weighted by molar-refractivity contribution is 0.201. The van der Waals surface area contributed by atoms with Gasteiger partial charge >= 0.3 is 6.09 Å². The first-order chi connectivity index (χ1) is 14.5. The Hall–Kier alpha value is -3.46. The summed E-state index contributed by atoms with van der Waals surface area (Å²) >= 11 is 0. The van der Waals surface area contributed by atoms with Crippen LogP contribution < -0.4 is 15.6 Å². The topological polar surface area (TPSA) is 105 Å². The predicted octanol–water partition coefficient (Wildman–Crippen LogP) is 1.79. The SMILES string of the molecule is Cn1cc(-n2ccc(=O)c(Cc3cccc(N(C[C@H]4CCCN4)C(=O)O)c3)n2)cn1. The number of benzene rings is 1. The Kier molecular flexibility index (Phi) is 5.62. The lowest BCUT2D eigenvalue weighted by atomic mass is 10.1. The summed E-state index contributed by atoms with van der Waals surface area (Å²) in [7, 11) is 1.81. The number of aryl methyl sites for hydroxylation is 1. The number of hydrogen-bond acceptors (Lipinski definition) is 5. The van der Waals surface area contributed by atoms with E-state index in [-0.39, 0.29) is 11.5 Å². The van der Waals surface area contributed by atoms with E-state index < -0.39 is 6.09 Å². The zero-order chi connectivity index (χ0) is 21.1. The van der Waals surface area contributed by atoms with Crippen molar-refractivity contribution in [1.82, 2.24) is 24.9 Å². The summed E-state index contributed by atoms with van der Waals surface area (Å²) in [6.45, 7) is 1.32. The molecule has 9 nitrogen and oxygen atoms in total. The van der Waals surface area contributed by atoms with Crippen LogP contribution in [-0.2, 0) is 13.5 Å². The van der Waals surface area contributed by atoms with Crippen molar-refractivity contribution >= 4 is 11.8 Å². The molecule has 0 aliphatic carbocycles. The molecular formula is C21H24N6O3. The minimum absolute atomic E-state index is 0.159. The maximum atomic E-state index is 12.4. The zero-order valence-corrected chi connectivity index (χ0v) is 16.7. The summed E-state index contributed by atoms with van der Waals surface area (Å²) < 4.78 is 3.28. The molecule has 1 fully saturated rings. The number of amides is 1. The van der Waals surface area contributed by atoms with Gasteiger partial charge in [-0.25, -0.2) is 9.48 Å². The third kappa shape index (κ3) is 4.41. The Morgan fingerprint density at radius 2 is 2.23 bits per heavy atom. The molecule has 0 spiro atoms. The minimum atomic E-state index is -0.988. The predicted molar refractivity (Wildman–Crippen MR) is 112 cm³/mol. The first-order valence-electron chi connectivity index (χ1n) is 9.90. The van der Waals surface area contributed by atoms with Gasteiger partial charge in [-0.1, -0.05) is 12.1 Å². The Balaban J connectivity index is 1.58. The molecule has 156 valence electrons. The molecule has 2 N–H and O–H groups in total. The molecule has 3 aromatic rings. The molecule has 1 amide bonds. The molecule has 30 heavy (non-hydrogen) atoms. The largest absolute Gasteiger partial charge is 0.465 e. The smallest absolute Gasteiger partial charge is 0.411 e. The van der Waals surface area contributed by atoms with Crippen molar-refractivity contribution in [1.29, 1.82) is 0 Å². The molecule has 1 aliphatic heterocycles. The lowest BCUT2D eigenvalue weighted by Crippen LogP contribution is -2.40. The summed E-state index contributed by atoms with van der Waals surface area (Å²) in [5.74, 6) is 0. The van der Waals surface area contributed by atoms with Crippen LogP contribution in [0.1, 0.15) is 24.1 Å². The highest BCUT2D eigenvalue weighted by atomic mass is 16.4. The van der Waals surface area contributed by atoms with Crippen LogP contribution >= 0.6 is 0 Å². The van der Waals surface area contributed by atoms with E-state index in [4.69, 9.17) is 0 Å². The fourth-order valence-electron chi connectivity index (χ4n) is 3.69. The van der Waals surface area contributed by atoms with Crippen LogP contribution in [0.5, 0.6) is 0 Å². The van der Waals surface area contributed by atoms with E-state index >= 15 is 0 Å². The van der Waals surface area contributed by atoms with Gasteiger partial charge in [0.1, 0.15) is 11.4 Å². The van der Waals surface area contributed by atoms with Crippen LogP contribution in [0.4, 0.5) is 10.5 Å². The number of aromatic nitrogens is 4. The molecule has 0 bridgehead atoms. The molecule has 3 heterocycles. The summed E-state index contributed by atoms with van der Waals surface area (Å²) in [5.41, 5.74) is 2.40. The van der Waals surface area contributed by atoms with Crippen molar-refractivity contribution in [2.24, 2.45) is 7.05 Å². The van der Waals surface area contributed by atoms with E-state index in [0.29, 0.717) is 24.3 Å². The second-order valence-corrected chi connectivity index (χ2v) is 7.48. The van der Waals surface area contributed by atoms with Gasteiger partial charge in [0.15, 0.2) is 0 Å². The van der Waals surface area contributed by atoms with Crippen molar-refractivity contribution in [3.8, 4) is 5.69 Å². The van der Waals surface area contributed by atoms with E-state index in [1.165, 1.54) is 11.0 Å². The normalized spacial score (nSPS) is 16.0. The fourth-order valence-corrected chi connectivity index (χ4v) is 3.69. The minimum Gasteiger partial charge on any atom is -0.465 e. The van der Waals surface area contributed by atoms with E-state index in [9.17, 15) is 14.7 Å². The van der Waals surface area contributed by atoms with Crippen LogP contribution in [0.2, 0.25) is 0 Å². The average molecular weight is 408 g/mol. The van der Waals surface area contributed by atoms with Gasteiger partial charge in [-0.15, -0.1) is 0 Å². The average Bonchev–Trinajstić information content (AvgIpc) is 3.39. The number of nitrogens with zero attached hydrogens (tertiary/aromatic N) is 5. The molecule has 0 radical (unpaired) electrons. The summed E-state index contributed by atoms with van der Waals surface area (Å²) in [6, 6.07) is 8.91. The van der Waals surface area contributed by atoms with E-state index in [1.54, 1.807) is 27.8 Å². The molecule has 9 heteroatoms. The van der Waals surface area contributed by atoms with Crippen LogP contribution in [0.25, 0.3) is 5.69 Å². The second-order valence-electron chi connectivity index (χ2n) is 7.48. The molecule has 0 unspecified atom stereocenters. The number of carbonyl (C=O) groups is 1. The van der Waals surface area contributed by atoms with Gasteiger partial charge in [0.2, 0.25) is 5.43 Å². The first kappa shape index (κ1) is 19.8. The van der Waals surface area contributed by atoms with Gasteiger partial charge < -0.3 is 10.4 Å². The van der Waals surface area contributed by atoms with Gasteiger partial charge in [0.25, 0.3) is 0 Å². The van der Waals surface area contributed by atoms with E-state index in [2.05, 4.69) is 15.5 Å². The number of carboxylic acid groups (broad SMARTS) is 1. The molecule has 1 aromatic carbocycles. The highest BCUT2D eigenvalue weighted by molar-refractivity contribution is 5.86. The van der Waals surface area contributed by atoms with Gasteiger partial charge in [0, 0.05) is 44.0 Å². The van der Waals surface area contributed by atoms with Crippen molar-refractivity contribution < 1.29 is 9.90 Å². The van der Waals surface area contributed by atoms with Gasteiger partial charge in [-0.05, 0) is 37.1 Å². The van der Waals surface area contributed by atoms with Crippen molar-refractivity contribution in [3.05, 3.63) is 70.4 Å². The number of anilines is 1. The Bertz CT molecular complexity index is 1100. The summed E-state index contributed by atoms with van der Waals surface area (Å²) in [4.78, 5) is 25.6. The van der Waals surface area contributed by atoms with E-state index in [0.717, 1.165) is 30.6 Å². The highest BCUT2D eigenvalue weighted by Gasteiger charge is 2.22. The maximum absolute atomic E-state index is 12.4. The summed E-state index contributed by atoms with van der Waals surface area (Å²) in [5, 5.41) is 21.6. The summed E-state index contributed by atoms with van der Waals surface area (Å²) in [6.07, 6.45) is 6.43. The van der Waals surface area contributed by atoms with Crippen molar-refractivity contribution in [2.45, 2.75) is 25.3 Å². The standard InChI is InChI=1S/C21H24N6O3/c1-25-14-18(12-23-25)27-9-7-20(28)19(24-27)11-15-4-2-6-17(10-15)26(21(29)30)13-16-5-3-8-22-16/h2,4,6-7,9-10,12,14,16,22H,3,5,8,11,13H2,1H3,(H,29,30)/t16-/m1/s1. The van der Waals surface area contributed by atoms with Gasteiger partial charge in [0.05, 0.1) is 12.4 Å². The third-order valence-electron chi connectivity index (χ3n) is 5.23. The maximum Gasteiger partial charge on any atom is 0.411 e. The number of hydrogen-bond donors (Lipinski definition) is 2. The fraction of sp³-hybridized carbons (Fsp3) is 0.333. The monoisotopic (exact) mass is 408 g/mol. The Morgan fingerprint density at radius 3 is 2.93 bits per heavy atom. The van der Waals surface area contributed by atoms with Crippen LogP contribution in [0, 0.1) is 0 Å². The molecular weight excluding hydrogens is 384 g/mol. The molecule has 1 aliphatic rings. The van der Waals surface area contributed by atoms with Crippen LogP contribution in [0.3, 0.4) is 0 Å².